The van der Waals surface area contributed by atoms with Gasteiger partial charge in [0, 0.05) is 43.1 Å². The molecule has 0 N–H and O–H groups in total. The van der Waals surface area contributed by atoms with Crippen LogP contribution in [0.3, 0.4) is 0 Å². The highest BCUT2D eigenvalue weighted by atomic mass is 19.1. The van der Waals surface area contributed by atoms with Gasteiger partial charge in [-0.25, -0.2) is 18.6 Å². The Bertz CT molecular complexity index is 2240. The summed E-state index contributed by atoms with van der Waals surface area (Å²) in [5.41, 5.74) is -0.287. The molecule has 12 nitrogen and oxygen atoms in total. The molecule has 0 saturated carbocycles. The monoisotopic (exact) mass is 754 g/mol. The van der Waals surface area contributed by atoms with Crippen LogP contribution in [0.25, 0.3) is 32.9 Å². The number of anilines is 1. The van der Waals surface area contributed by atoms with Gasteiger partial charge in [-0.05, 0) is 76.6 Å². The second kappa shape index (κ2) is 13.3. The van der Waals surface area contributed by atoms with Gasteiger partial charge in [0.15, 0.2) is 12.6 Å². The molecule has 5 aliphatic heterocycles. The van der Waals surface area contributed by atoms with E-state index in [-0.39, 0.29) is 67.3 Å². The Hall–Kier alpha value is -5.00. The van der Waals surface area contributed by atoms with Gasteiger partial charge in [-0.3, -0.25) is 9.80 Å². The molecule has 5 atom stereocenters. The van der Waals surface area contributed by atoms with Crippen molar-refractivity contribution >= 4 is 33.6 Å². The van der Waals surface area contributed by atoms with Crippen molar-refractivity contribution in [2.45, 2.75) is 88.3 Å². The van der Waals surface area contributed by atoms with Gasteiger partial charge in [-0.2, -0.15) is 9.97 Å². The minimum atomic E-state index is -0.944. The summed E-state index contributed by atoms with van der Waals surface area (Å²) in [5.74, 6) is 3.01. The normalized spacial score (nSPS) is 25.7. The van der Waals surface area contributed by atoms with E-state index in [0.29, 0.717) is 53.0 Å². The van der Waals surface area contributed by atoms with Crippen molar-refractivity contribution in [2.75, 3.05) is 51.7 Å². The lowest BCUT2D eigenvalue weighted by molar-refractivity contribution is 0.00537. The molecule has 2 bridgehead atoms. The van der Waals surface area contributed by atoms with E-state index in [4.69, 9.17) is 45.1 Å². The lowest BCUT2D eigenvalue weighted by atomic mass is 9.95. The second-order valence-corrected chi connectivity index (χ2v) is 16.3. The summed E-state index contributed by atoms with van der Waals surface area (Å²) in [6, 6.07) is 8.18. The Balaban J connectivity index is 1.20. The molecule has 0 spiro atoms. The number of carbonyl (C=O) groups excluding carboxylic acids is 1. The second-order valence-electron chi connectivity index (χ2n) is 16.3. The predicted octanol–water partition coefficient (Wildman–Crippen LogP) is 6.25. The number of fused-ring (bicyclic) bond motifs is 7. The smallest absolute Gasteiger partial charge is 0.410 e. The number of rotatable bonds is 7. The van der Waals surface area contributed by atoms with Crippen molar-refractivity contribution in [1.82, 2.24) is 24.8 Å². The molecule has 55 heavy (non-hydrogen) atoms. The molecule has 4 aromatic rings. The Kier molecular flexibility index (Phi) is 8.65. The SMILES string of the molecule is C#Cc1cccc2cc(OCOC)cc(-c3nc4c5c(nc(OC[C@@]67CCCN6C[C@H](F)C7)nc5c3F)N3C[C@@H]5CC[C@H]([C@@H]3CO4)N5C(=O)OC(C)(C)C)c12. The first kappa shape index (κ1) is 35.7. The van der Waals surface area contributed by atoms with Gasteiger partial charge < -0.3 is 28.6 Å². The molecule has 4 saturated heterocycles. The fourth-order valence-corrected chi connectivity index (χ4v) is 9.47. The van der Waals surface area contributed by atoms with E-state index in [1.54, 1.807) is 12.1 Å². The third kappa shape index (κ3) is 6.03. The maximum atomic E-state index is 17.5. The number of nitrogens with zero attached hydrogens (tertiary/aromatic N) is 6. The number of hydrogen-bond donors (Lipinski definition) is 0. The molecule has 14 heteroatoms. The van der Waals surface area contributed by atoms with Gasteiger partial charge in [-0.15, -0.1) is 6.42 Å². The average Bonchev–Trinajstić information content (AvgIpc) is 3.76. The fourth-order valence-electron chi connectivity index (χ4n) is 9.47. The zero-order chi connectivity index (χ0) is 38.2. The first-order chi connectivity index (χ1) is 26.5. The molecule has 5 aliphatic rings. The Morgan fingerprint density at radius 1 is 1.11 bits per heavy atom. The summed E-state index contributed by atoms with van der Waals surface area (Å²) in [7, 11) is 1.52. The van der Waals surface area contributed by atoms with Crippen LogP contribution in [0, 0.1) is 18.2 Å². The number of pyridine rings is 1. The number of methoxy groups -OCH3 is 1. The van der Waals surface area contributed by atoms with E-state index in [2.05, 4.69) is 15.7 Å². The molecular weight excluding hydrogens is 710 g/mol. The highest BCUT2D eigenvalue weighted by Crippen LogP contribution is 2.47. The van der Waals surface area contributed by atoms with Crippen LogP contribution in [0.15, 0.2) is 30.3 Å². The lowest BCUT2D eigenvalue weighted by Crippen LogP contribution is -2.63. The van der Waals surface area contributed by atoms with Gasteiger partial charge >= 0.3 is 12.1 Å². The molecule has 0 radical (unpaired) electrons. The maximum Gasteiger partial charge on any atom is 0.410 e. The lowest BCUT2D eigenvalue weighted by Gasteiger charge is -2.46. The van der Waals surface area contributed by atoms with Crippen LogP contribution in [0.2, 0.25) is 0 Å². The van der Waals surface area contributed by atoms with E-state index in [1.165, 1.54) is 7.11 Å². The summed E-state index contributed by atoms with van der Waals surface area (Å²) in [5, 5.41) is 1.63. The Morgan fingerprint density at radius 2 is 1.96 bits per heavy atom. The van der Waals surface area contributed by atoms with Crippen LogP contribution in [-0.4, -0.2) is 113 Å². The van der Waals surface area contributed by atoms with E-state index >= 15 is 4.39 Å². The molecule has 288 valence electrons. The maximum absolute atomic E-state index is 17.5. The first-order valence-electron chi connectivity index (χ1n) is 19.0. The van der Waals surface area contributed by atoms with Gasteiger partial charge in [-0.1, -0.05) is 18.1 Å². The van der Waals surface area contributed by atoms with Crippen molar-refractivity contribution in [3.63, 3.8) is 0 Å². The van der Waals surface area contributed by atoms with Crippen LogP contribution in [0.5, 0.6) is 17.6 Å². The molecule has 2 aromatic heterocycles. The largest absolute Gasteiger partial charge is 0.475 e. The summed E-state index contributed by atoms with van der Waals surface area (Å²) in [6.07, 6.45) is 8.25. The molecule has 4 fully saturated rings. The molecule has 7 heterocycles. The van der Waals surface area contributed by atoms with Gasteiger partial charge in [0.05, 0.1) is 23.7 Å². The summed E-state index contributed by atoms with van der Waals surface area (Å²) in [6.45, 7) is 7.40. The predicted molar refractivity (Wildman–Crippen MR) is 201 cm³/mol. The quantitative estimate of drug-likeness (QED) is 0.158. The minimum Gasteiger partial charge on any atom is -0.475 e. The van der Waals surface area contributed by atoms with Crippen molar-refractivity contribution < 1.29 is 37.3 Å². The fraction of sp³-hybridized carbons (Fsp3) is 0.512. The number of benzene rings is 2. The Labute approximate surface area is 318 Å². The summed E-state index contributed by atoms with van der Waals surface area (Å²) < 4.78 is 62.1. The zero-order valence-electron chi connectivity index (χ0n) is 31.4. The van der Waals surface area contributed by atoms with Crippen molar-refractivity contribution in [1.29, 1.82) is 0 Å². The number of terminal acetylenes is 1. The highest BCUT2D eigenvalue weighted by molar-refractivity contribution is 6.04. The molecule has 1 amide bonds. The number of aromatic nitrogens is 3. The van der Waals surface area contributed by atoms with Crippen molar-refractivity contribution in [3.8, 4) is 41.2 Å². The number of amides is 1. The van der Waals surface area contributed by atoms with E-state index in [0.717, 1.165) is 37.6 Å². The van der Waals surface area contributed by atoms with Crippen molar-refractivity contribution in [2.24, 2.45) is 0 Å². The first-order valence-corrected chi connectivity index (χ1v) is 19.0. The molecule has 0 unspecified atom stereocenters. The van der Waals surface area contributed by atoms with Crippen LogP contribution >= 0.6 is 0 Å². The van der Waals surface area contributed by atoms with Crippen molar-refractivity contribution in [3.05, 3.63) is 41.7 Å². The number of alkyl halides is 1. The van der Waals surface area contributed by atoms with Gasteiger partial charge in [0.1, 0.15) is 53.2 Å². The van der Waals surface area contributed by atoms with E-state index in [1.807, 2.05) is 43.9 Å². The average molecular weight is 755 g/mol. The number of hydrogen-bond acceptors (Lipinski definition) is 11. The molecule has 9 rings (SSSR count). The standard InChI is InChI=1S/C41H44F2N6O6/c1-6-23-9-7-10-24-15-27(54-22-51-5)16-28(31(23)24)34-33(43)35-32-36(46-38(45-35)53-21-41-13-8-14-47(41)18-25(42)17-41)48-19-26-11-12-29(30(48)20-52-37(32)44-34)49(26)39(50)55-40(2,3)4/h1,7,9-10,15-16,25-26,29-30H,8,11-14,17-22H2,2-5H3/t25-,26+,29-,30+,41+/m1/s1. The number of piperazine rings is 1. The number of ether oxygens (including phenoxy) is 5. The van der Waals surface area contributed by atoms with Crippen LogP contribution in [0.4, 0.5) is 19.4 Å². The van der Waals surface area contributed by atoms with Gasteiger partial charge in [0.25, 0.3) is 0 Å². The number of halogens is 2. The van der Waals surface area contributed by atoms with Crippen LogP contribution < -0.4 is 19.1 Å². The van der Waals surface area contributed by atoms with Gasteiger partial charge in [0.2, 0.25) is 5.88 Å². The third-order valence-electron chi connectivity index (χ3n) is 11.7. The third-order valence-corrected chi connectivity index (χ3v) is 11.7. The summed E-state index contributed by atoms with van der Waals surface area (Å²) >= 11 is 0. The van der Waals surface area contributed by atoms with Crippen LogP contribution in [-0.2, 0) is 9.47 Å². The van der Waals surface area contributed by atoms with E-state index < -0.39 is 23.1 Å². The number of carbonyl (C=O) groups is 1. The zero-order valence-corrected chi connectivity index (χ0v) is 31.4. The van der Waals surface area contributed by atoms with E-state index in [9.17, 15) is 9.18 Å². The molecular formula is C41H44F2N6O6. The molecule has 2 aromatic carbocycles. The minimum absolute atomic E-state index is 0.0260. The molecule has 0 aliphatic carbocycles. The van der Waals surface area contributed by atoms with Crippen LogP contribution in [0.1, 0.15) is 58.4 Å². The highest BCUT2D eigenvalue weighted by Gasteiger charge is 2.52. The topological polar surface area (TPSA) is 112 Å². The Morgan fingerprint density at radius 3 is 2.76 bits per heavy atom. The summed E-state index contributed by atoms with van der Waals surface area (Å²) in [4.78, 5) is 34.2.